The van der Waals surface area contributed by atoms with E-state index in [2.05, 4.69) is 10.1 Å². The van der Waals surface area contributed by atoms with Crippen LogP contribution >= 0.6 is 0 Å². The van der Waals surface area contributed by atoms with E-state index in [-0.39, 0.29) is 5.60 Å². The van der Waals surface area contributed by atoms with Crippen molar-refractivity contribution in [2.75, 3.05) is 7.11 Å². The van der Waals surface area contributed by atoms with E-state index in [4.69, 9.17) is 9.26 Å². The molecule has 1 fully saturated rings. The number of aliphatic hydroxyl groups excluding tert-OH is 1. The first-order valence-corrected chi connectivity index (χ1v) is 6.85. The second kappa shape index (κ2) is 5.34. The topological polar surface area (TPSA) is 68.4 Å². The molecule has 1 aliphatic rings. The summed E-state index contributed by atoms with van der Waals surface area (Å²) in [4.78, 5) is 4.38. The third-order valence-electron chi connectivity index (χ3n) is 3.98. The zero-order valence-corrected chi connectivity index (χ0v) is 11.5. The maximum Gasteiger partial charge on any atom is 0.229 e. The predicted molar refractivity (Wildman–Crippen MR) is 71.9 cm³/mol. The number of methoxy groups -OCH3 is 1. The van der Waals surface area contributed by atoms with Crippen LogP contribution in [0, 0.1) is 0 Å². The van der Waals surface area contributed by atoms with E-state index in [1.165, 1.54) is 0 Å². The fourth-order valence-electron chi connectivity index (χ4n) is 2.50. The van der Waals surface area contributed by atoms with Gasteiger partial charge in [0.05, 0.1) is 12.5 Å². The van der Waals surface area contributed by atoms with Crippen molar-refractivity contribution >= 4 is 0 Å². The van der Waals surface area contributed by atoms with Crippen LogP contribution in [0.25, 0.3) is 0 Å². The highest BCUT2D eigenvalue weighted by molar-refractivity contribution is 5.18. The van der Waals surface area contributed by atoms with Crippen LogP contribution < -0.4 is 0 Å². The second-order valence-corrected chi connectivity index (χ2v) is 5.19. The van der Waals surface area contributed by atoms with Crippen molar-refractivity contribution < 1.29 is 14.4 Å². The van der Waals surface area contributed by atoms with Crippen molar-refractivity contribution in [3.63, 3.8) is 0 Å². The van der Waals surface area contributed by atoms with Crippen LogP contribution in [0.1, 0.15) is 42.6 Å². The minimum Gasteiger partial charge on any atom is -0.388 e. The molecule has 1 aromatic carbocycles. The second-order valence-electron chi connectivity index (χ2n) is 5.19. The van der Waals surface area contributed by atoms with Crippen LogP contribution in [0.15, 0.2) is 34.9 Å². The summed E-state index contributed by atoms with van der Waals surface area (Å²) < 4.78 is 10.8. The van der Waals surface area contributed by atoms with E-state index in [0.29, 0.717) is 18.1 Å². The lowest BCUT2D eigenvalue weighted by Gasteiger charge is -2.37. The number of ether oxygens (including phenoxy) is 1. The Bertz CT molecular complexity index is 558. The Morgan fingerprint density at radius 2 is 2.10 bits per heavy atom. The van der Waals surface area contributed by atoms with Gasteiger partial charge in [-0.2, -0.15) is 4.98 Å². The lowest BCUT2D eigenvalue weighted by Crippen LogP contribution is -2.37. The third-order valence-corrected chi connectivity index (χ3v) is 3.98. The Kier molecular flexibility index (Phi) is 3.54. The Morgan fingerprint density at radius 3 is 2.70 bits per heavy atom. The molecule has 20 heavy (non-hydrogen) atoms. The summed E-state index contributed by atoms with van der Waals surface area (Å²) >= 11 is 0. The van der Waals surface area contributed by atoms with Crippen LogP contribution in [0.5, 0.6) is 0 Å². The summed E-state index contributed by atoms with van der Waals surface area (Å²) in [5, 5.41) is 14.2. The number of aliphatic hydroxyl groups is 1. The summed E-state index contributed by atoms with van der Waals surface area (Å²) in [6.45, 7) is 0. The van der Waals surface area contributed by atoms with Crippen LogP contribution in [-0.2, 0) is 16.8 Å². The van der Waals surface area contributed by atoms with Crippen molar-refractivity contribution in [3.05, 3.63) is 47.6 Å². The number of nitrogens with zero attached hydrogens (tertiary/aromatic N) is 2. The number of hydrogen-bond donors (Lipinski definition) is 1. The monoisotopic (exact) mass is 274 g/mol. The summed E-state index contributed by atoms with van der Waals surface area (Å²) in [5.41, 5.74) is 0.469. The minimum atomic E-state index is -0.635. The lowest BCUT2D eigenvalue weighted by molar-refractivity contribution is -0.0858. The van der Waals surface area contributed by atoms with E-state index in [1.807, 2.05) is 30.3 Å². The standard InChI is InChI=1S/C15H18N2O3/c1-19-15(8-5-9-15)14-16-13(20-17-14)10-12(18)11-6-3-2-4-7-11/h2-4,6-7,12,18H,5,8-10H2,1H3. The van der Waals surface area contributed by atoms with Gasteiger partial charge in [0.2, 0.25) is 11.7 Å². The van der Waals surface area contributed by atoms with Gasteiger partial charge in [0.25, 0.3) is 0 Å². The van der Waals surface area contributed by atoms with Gasteiger partial charge in [-0.25, -0.2) is 0 Å². The fourth-order valence-corrected chi connectivity index (χ4v) is 2.50. The maximum absolute atomic E-state index is 10.2. The number of hydrogen-bond acceptors (Lipinski definition) is 5. The molecule has 5 nitrogen and oxygen atoms in total. The maximum atomic E-state index is 10.2. The van der Waals surface area contributed by atoms with Gasteiger partial charge >= 0.3 is 0 Å². The van der Waals surface area contributed by atoms with E-state index < -0.39 is 6.10 Å². The van der Waals surface area contributed by atoms with Gasteiger partial charge in [0.15, 0.2) is 0 Å². The fraction of sp³-hybridized carbons (Fsp3) is 0.467. The number of aromatic nitrogens is 2. The molecule has 0 bridgehead atoms. The lowest BCUT2D eigenvalue weighted by atomic mass is 9.79. The molecule has 1 heterocycles. The molecular weight excluding hydrogens is 256 g/mol. The average molecular weight is 274 g/mol. The molecule has 1 unspecified atom stereocenters. The molecule has 1 aliphatic carbocycles. The molecule has 0 spiro atoms. The molecule has 1 N–H and O–H groups in total. The smallest absolute Gasteiger partial charge is 0.229 e. The SMILES string of the molecule is COC1(c2noc(CC(O)c3ccccc3)n2)CCC1. The first-order chi connectivity index (χ1) is 9.73. The minimum absolute atomic E-state index is 0.316. The van der Waals surface area contributed by atoms with Gasteiger partial charge in [0, 0.05) is 7.11 Å². The molecular formula is C15H18N2O3. The Morgan fingerprint density at radius 1 is 1.35 bits per heavy atom. The van der Waals surface area contributed by atoms with Gasteiger partial charge < -0.3 is 14.4 Å². The summed E-state index contributed by atoms with van der Waals surface area (Å²) in [6.07, 6.45) is 2.64. The largest absolute Gasteiger partial charge is 0.388 e. The van der Waals surface area contributed by atoms with Crippen molar-refractivity contribution in [1.29, 1.82) is 0 Å². The van der Waals surface area contributed by atoms with Gasteiger partial charge in [0.1, 0.15) is 5.60 Å². The van der Waals surface area contributed by atoms with E-state index in [9.17, 15) is 5.11 Å². The molecule has 106 valence electrons. The Labute approximate surface area is 117 Å². The van der Waals surface area contributed by atoms with Gasteiger partial charge in [-0.1, -0.05) is 35.5 Å². The summed E-state index contributed by atoms with van der Waals surface area (Å²) in [6, 6.07) is 9.47. The first-order valence-electron chi connectivity index (χ1n) is 6.85. The summed E-state index contributed by atoms with van der Waals surface area (Å²) in [5.74, 6) is 1.04. The average Bonchev–Trinajstić information content (AvgIpc) is 2.88. The number of rotatable bonds is 5. The molecule has 0 amide bonds. The quantitative estimate of drug-likeness (QED) is 0.906. The molecule has 1 aromatic heterocycles. The van der Waals surface area contributed by atoms with E-state index in [1.54, 1.807) is 7.11 Å². The van der Waals surface area contributed by atoms with E-state index >= 15 is 0 Å². The highest BCUT2D eigenvalue weighted by Gasteiger charge is 2.43. The molecule has 1 atom stereocenters. The van der Waals surface area contributed by atoms with Gasteiger partial charge in [-0.3, -0.25) is 0 Å². The predicted octanol–water partition coefficient (Wildman–Crippen LogP) is 2.37. The first kappa shape index (κ1) is 13.3. The van der Waals surface area contributed by atoms with Gasteiger partial charge in [-0.15, -0.1) is 0 Å². The Hall–Kier alpha value is -1.72. The highest BCUT2D eigenvalue weighted by Crippen LogP contribution is 2.42. The molecule has 0 saturated heterocycles. The molecule has 2 aromatic rings. The number of benzene rings is 1. The zero-order valence-electron chi connectivity index (χ0n) is 11.5. The van der Waals surface area contributed by atoms with Gasteiger partial charge in [-0.05, 0) is 24.8 Å². The molecule has 1 saturated carbocycles. The van der Waals surface area contributed by atoms with Crippen molar-refractivity contribution in [1.82, 2.24) is 10.1 Å². The van der Waals surface area contributed by atoms with Crippen molar-refractivity contribution in [2.45, 2.75) is 37.4 Å². The van der Waals surface area contributed by atoms with Crippen LogP contribution in [0.3, 0.4) is 0 Å². The van der Waals surface area contributed by atoms with E-state index in [0.717, 1.165) is 24.8 Å². The van der Waals surface area contributed by atoms with Crippen LogP contribution in [-0.4, -0.2) is 22.4 Å². The highest BCUT2D eigenvalue weighted by atomic mass is 16.5. The Balaban J connectivity index is 1.71. The van der Waals surface area contributed by atoms with Crippen LogP contribution in [0.2, 0.25) is 0 Å². The summed E-state index contributed by atoms with van der Waals surface area (Å²) in [7, 11) is 1.67. The molecule has 0 aliphatic heterocycles. The molecule has 3 rings (SSSR count). The third kappa shape index (κ3) is 2.34. The van der Waals surface area contributed by atoms with Crippen LogP contribution in [0.4, 0.5) is 0 Å². The molecule has 0 radical (unpaired) electrons. The zero-order chi connectivity index (χ0) is 14.0. The normalized spacial score (nSPS) is 18.5. The molecule has 5 heteroatoms. The van der Waals surface area contributed by atoms with Crippen molar-refractivity contribution in [2.24, 2.45) is 0 Å². The van der Waals surface area contributed by atoms with Crippen molar-refractivity contribution in [3.8, 4) is 0 Å².